The number of benzene rings is 1. The molecule has 1 fully saturated rings. The van der Waals surface area contributed by atoms with Crippen LogP contribution in [0.1, 0.15) is 37.6 Å². The molecule has 1 aromatic carbocycles. The van der Waals surface area contributed by atoms with Crippen LogP contribution in [0.15, 0.2) is 34.3 Å². The Morgan fingerprint density at radius 1 is 1.18 bits per heavy atom. The zero-order valence-electron chi connectivity index (χ0n) is 19.4. The Morgan fingerprint density at radius 2 is 1.91 bits per heavy atom. The maximum Gasteiger partial charge on any atom is 0.243 e. The number of aliphatic imine (C=N–C) groups is 1. The maximum atomic E-state index is 13.4. The maximum absolute atomic E-state index is 13.4. The number of carbonyl (C=O) groups excluding carboxylic acids is 1. The van der Waals surface area contributed by atoms with Gasteiger partial charge in [0.1, 0.15) is 23.3 Å². The number of ether oxygens (including phenoxy) is 1. The molecule has 2 aliphatic heterocycles. The smallest absolute Gasteiger partial charge is 0.243 e. The zero-order valence-corrected chi connectivity index (χ0v) is 20.2. The highest BCUT2D eigenvalue weighted by Gasteiger charge is 2.33. The standard InChI is InChI=1S/C22H30N6O4S/c1-5-18(29)20-21-17(14-23-27(21)4)24-22(25-20)16-13-15(7-8-19(16)32-6-2)33(30,31)28-11-9-26(3)10-12-28/h7-8,13-14,20H,5-6,9-12H2,1-4H3,(H,24,25). The van der Waals surface area contributed by atoms with Crippen molar-refractivity contribution in [1.82, 2.24) is 24.3 Å². The SMILES string of the molecule is CCOc1ccc(S(=O)(=O)N2CCN(C)CC2)cc1C1=Nc2cnn(C)c2C(C(=O)CC)N1. The number of fused-ring (bicyclic) bond motifs is 1. The van der Waals surface area contributed by atoms with Crippen molar-refractivity contribution < 1.29 is 17.9 Å². The van der Waals surface area contributed by atoms with Crippen LogP contribution < -0.4 is 10.1 Å². The van der Waals surface area contributed by atoms with Crippen molar-refractivity contribution in [3.8, 4) is 5.75 Å². The topological polar surface area (TPSA) is 109 Å². The number of nitrogens with one attached hydrogen (secondary N) is 1. The molecule has 1 N–H and O–H groups in total. The summed E-state index contributed by atoms with van der Waals surface area (Å²) in [7, 11) is 0.0641. The predicted octanol–water partition coefficient (Wildman–Crippen LogP) is 1.46. The summed E-state index contributed by atoms with van der Waals surface area (Å²) in [6.45, 7) is 6.31. The summed E-state index contributed by atoms with van der Waals surface area (Å²) in [5.74, 6) is 0.878. The lowest BCUT2D eigenvalue weighted by molar-refractivity contribution is -0.120. The Hall–Kier alpha value is -2.76. The molecule has 1 aromatic heterocycles. The van der Waals surface area contributed by atoms with Gasteiger partial charge in [0.05, 0.1) is 29.0 Å². The number of likely N-dealkylation sites (N-methyl/N-ethyl adjacent to an activating group) is 1. The lowest BCUT2D eigenvalue weighted by atomic mass is 10.0. The molecule has 0 spiro atoms. The van der Waals surface area contributed by atoms with Gasteiger partial charge in [-0.05, 0) is 32.2 Å². The molecule has 10 nitrogen and oxygen atoms in total. The highest BCUT2D eigenvalue weighted by molar-refractivity contribution is 7.89. The van der Waals surface area contributed by atoms with Gasteiger partial charge in [-0.3, -0.25) is 9.48 Å². The summed E-state index contributed by atoms with van der Waals surface area (Å²) in [5, 5.41) is 7.47. The van der Waals surface area contributed by atoms with Crippen LogP contribution in [0.5, 0.6) is 5.75 Å². The van der Waals surface area contributed by atoms with Gasteiger partial charge in [-0.2, -0.15) is 9.40 Å². The van der Waals surface area contributed by atoms with E-state index in [1.807, 2.05) is 14.0 Å². The number of carbonyl (C=O) groups is 1. The Kier molecular flexibility index (Phi) is 6.55. The van der Waals surface area contributed by atoms with E-state index >= 15 is 0 Å². The number of aryl methyl sites for hydroxylation is 1. The number of Topliss-reactive ketones (excluding diaryl/α,β-unsaturated/α-hetero) is 1. The summed E-state index contributed by atoms with van der Waals surface area (Å²) < 4.78 is 35.6. The van der Waals surface area contributed by atoms with Gasteiger partial charge >= 0.3 is 0 Å². The number of aromatic nitrogens is 2. The van der Waals surface area contributed by atoms with Crippen LogP contribution in [0.3, 0.4) is 0 Å². The highest BCUT2D eigenvalue weighted by Crippen LogP contribution is 2.34. The molecule has 2 aliphatic rings. The molecule has 11 heteroatoms. The average molecular weight is 475 g/mol. The molecule has 4 rings (SSSR count). The van der Waals surface area contributed by atoms with Crippen LogP contribution in [0.2, 0.25) is 0 Å². The van der Waals surface area contributed by atoms with E-state index in [1.165, 1.54) is 4.31 Å². The van der Waals surface area contributed by atoms with Gasteiger partial charge in [0.25, 0.3) is 0 Å². The number of rotatable bonds is 7. The third-order valence-corrected chi connectivity index (χ3v) is 7.92. The third-order valence-electron chi connectivity index (χ3n) is 6.03. The fourth-order valence-corrected chi connectivity index (χ4v) is 5.55. The molecule has 1 unspecified atom stereocenters. The third kappa shape index (κ3) is 4.40. The first-order chi connectivity index (χ1) is 15.8. The molecule has 178 valence electrons. The molecule has 33 heavy (non-hydrogen) atoms. The van der Waals surface area contributed by atoms with E-state index in [1.54, 1.807) is 43.0 Å². The second-order valence-electron chi connectivity index (χ2n) is 8.19. The lowest BCUT2D eigenvalue weighted by Gasteiger charge is -2.31. The lowest BCUT2D eigenvalue weighted by Crippen LogP contribution is -2.47. The number of piperazine rings is 1. The van der Waals surface area contributed by atoms with E-state index in [2.05, 4.69) is 20.3 Å². The molecule has 0 bridgehead atoms. The Bertz CT molecular complexity index is 1180. The second kappa shape index (κ2) is 9.24. The van der Waals surface area contributed by atoms with Crippen LogP contribution in [0, 0.1) is 0 Å². The van der Waals surface area contributed by atoms with Crippen molar-refractivity contribution in [2.75, 3.05) is 39.8 Å². The van der Waals surface area contributed by atoms with E-state index in [-0.39, 0.29) is 10.7 Å². The average Bonchev–Trinajstić information content (AvgIpc) is 3.19. The van der Waals surface area contributed by atoms with Crippen molar-refractivity contribution in [3.63, 3.8) is 0 Å². The van der Waals surface area contributed by atoms with Gasteiger partial charge in [-0.25, -0.2) is 13.4 Å². The van der Waals surface area contributed by atoms with Gasteiger partial charge in [0, 0.05) is 39.6 Å². The van der Waals surface area contributed by atoms with Crippen LogP contribution in [-0.4, -0.2) is 78.9 Å². The normalized spacial score (nSPS) is 19.5. The molecule has 0 radical (unpaired) electrons. The summed E-state index contributed by atoms with van der Waals surface area (Å²) in [4.78, 5) is 19.7. The van der Waals surface area contributed by atoms with Gasteiger partial charge in [-0.1, -0.05) is 6.92 Å². The molecular formula is C22H30N6O4S. The van der Waals surface area contributed by atoms with Crippen molar-refractivity contribution in [2.24, 2.45) is 12.0 Å². The monoisotopic (exact) mass is 474 g/mol. The van der Waals surface area contributed by atoms with Gasteiger partial charge in [0.15, 0.2) is 5.78 Å². The van der Waals surface area contributed by atoms with Crippen LogP contribution in [-0.2, 0) is 21.9 Å². The minimum atomic E-state index is -3.68. The molecular weight excluding hydrogens is 444 g/mol. The molecule has 0 aliphatic carbocycles. The van der Waals surface area contributed by atoms with Crippen molar-refractivity contribution in [3.05, 3.63) is 35.7 Å². The first kappa shape index (κ1) is 23.4. The van der Waals surface area contributed by atoms with Crippen LogP contribution >= 0.6 is 0 Å². The molecule has 3 heterocycles. The highest BCUT2D eigenvalue weighted by atomic mass is 32.2. The number of hydrogen-bond acceptors (Lipinski definition) is 8. The summed E-state index contributed by atoms with van der Waals surface area (Å²) in [5.41, 5.74) is 1.76. The number of ketones is 1. The zero-order chi connectivity index (χ0) is 23.8. The van der Waals surface area contributed by atoms with Gasteiger partial charge in [-0.15, -0.1) is 0 Å². The quantitative estimate of drug-likeness (QED) is 0.647. The number of amidine groups is 1. The number of hydrogen-bond donors (Lipinski definition) is 1. The summed E-state index contributed by atoms with van der Waals surface area (Å²) in [6, 6.07) is 4.17. The molecule has 2 aromatic rings. The fraction of sp³-hybridized carbons (Fsp3) is 0.500. The Balaban J connectivity index is 1.78. The Morgan fingerprint density at radius 3 is 2.58 bits per heavy atom. The van der Waals surface area contributed by atoms with Gasteiger partial charge < -0.3 is 15.0 Å². The Labute approximate surface area is 194 Å². The minimum absolute atomic E-state index is 0.00794. The molecule has 1 atom stereocenters. The second-order valence-corrected chi connectivity index (χ2v) is 10.1. The van der Waals surface area contributed by atoms with E-state index in [9.17, 15) is 13.2 Å². The molecule has 1 saturated heterocycles. The first-order valence-electron chi connectivity index (χ1n) is 11.1. The van der Waals surface area contributed by atoms with E-state index in [0.717, 1.165) is 0 Å². The van der Waals surface area contributed by atoms with E-state index < -0.39 is 16.1 Å². The van der Waals surface area contributed by atoms with E-state index in [4.69, 9.17) is 4.74 Å². The van der Waals surface area contributed by atoms with Crippen molar-refractivity contribution in [2.45, 2.75) is 31.2 Å². The predicted molar refractivity (Wildman–Crippen MR) is 124 cm³/mol. The van der Waals surface area contributed by atoms with Crippen LogP contribution in [0.25, 0.3) is 0 Å². The number of sulfonamides is 1. The van der Waals surface area contributed by atoms with E-state index in [0.29, 0.717) is 67.7 Å². The summed E-state index contributed by atoms with van der Waals surface area (Å²) >= 11 is 0. The van der Waals surface area contributed by atoms with Crippen LogP contribution in [0.4, 0.5) is 5.69 Å². The number of nitrogens with zero attached hydrogens (tertiary/aromatic N) is 5. The minimum Gasteiger partial charge on any atom is -0.493 e. The molecule has 0 saturated carbocycles. The fourth-order valence-electron chi connectivity index (χ4n) is 4.10. The van der Waals surface area contributed by atoms with Crippen molar-refractivity contribution in [1.29, 1.82) is 0 Å². The molecule has 0 amide bonds. The first-order valence-corrected chi connectivity index (χ1v) is 12.6. The van der Waals surface area contributed by atoms with Crippen molar-refractivity contribution >= 4 is 27.3 Å². The largest absolute Gasteiger partial charge is 0.493 e. The summed E-state index contributed by atoms with van der Waals surface area (Å²) in [6.07, 6.45) is 1.95. The van der Waals surface area contributed by atoms with Gasteiger partial charge in [0.2, 0.25) is 10.0 Å².